The van der Waals surface area contributed by atoms with Gasteiger partial charge in [0.1, 0.15) is 0 Å². The van der Waals surface area contributed by atoms with E-state index in [0.717, 1.165) is 23.9 Å². The topological polar surface area (TPSA) is 53.2 Å². The second kappa shape index (κ2) is 7.06. The lowest BCUT2D eigenvalue weighted by Crippen LogP contribution is -2.38. The third kappa shape index (κ3) is 3.52. The molecule has 26 heavy (non-hydrogen) atoms. The lowest BCUT2D eigenvalue weighted by atomic mass is 9.88. The molecule has 0 atom stereocenters. The normalized spacial score (nSPS) is 17.0. The molecule has 0 saturated carbocycles. The van der Waals surface area contributed by atoms with Gasteiger partial charge < -0.3 is 4.98 Å². The maximum absolute atomic E-state index is 12.7. The number of nitrogens with zero attached hydrogens (tertiary/aromatic N) is 1. The Hall–Kier alpha value is -1.82. The summed E-state index contributed by atoms with van der Waals surface area (Å²) in [5.74, 6) is 0.396. The van der Waals surface area contributed by atoms with Crippen LogP contribution in [0.4, 0.5) is 0 Å². The van der Waals surface area contributed by atoms with Gasteiger partial charge in [-0.3, -0.25) is 0 Å². The number of hydrogen-bond donors (Lipinski definition) is 1. The summed E-state index contributed by atoms with van der Waals surface area (Å²) in [6, 6.07) is 15.4. The monoisotopic (exact) mass is 388 g/mol. The minimum Gasteiger partial charge on any atom is -0.361 e. The van der Waals surface area contributed by atoms with Crippen molar-refractivity contribution in [2.75, 3.05) is 13.1 Å². The molecule has 4 rings (SSSR count). The molecule has 3 aromatic rings. The number of fused-ring (bicyclic) bond motifs is 1. The summed E-state index contributed by atoms with van der Waals surface area (Å²) in [4.78, 5) is 3.21. The van der Waals surface area contributed by atoms with Gasteiger partial charge in [-0.25, -0.2) is 12.7 Å². The number of hydrogen-bond acceptors (Lipinski definition) is 2. The van der Waals surface area contributed by atoms with Crippen LogP contribution in [-0.2, 0) is 15.8 Å². The van der Waals surface area contributed by atoms with Crippen LogP contribution in [0.15, 0.2) is 54.7 Å². The first-order valence-corrected chi connectivity index (χ1v) is 10.8. The molecule has 2 aromatic carbocycles. The van der Waals surface area contributed by atoms with E-state index in [9.17, 15) is 8.42 Å². The summed E-state index contributed by atoms with van der Waals surface area (Å²) in [5, 5.41) is 1.90. The predicted molar refractivity (Wildman–Crippen MR) is 106 cm³/mol. The quantitative estimate of drug-likeness (QED) is 0.713. The maximum atomic E-state index is 12.7. The predicted octanol–water partition coefficient (Wildman–Crippen LogP) is 4.53. The number of halogens is 1. The van der Waals surface area contributed by atoms with E-state index >= 15 is 0 Å². The van der Waals surface area contributed by atoms with Crippen LogP contribution in [0.1, 0.15) is 29.9 Å². The molecule has 2 heterocycles. The van der Waals surface area contributed by atoms with Crippen LogP contribution in [0.5, 0.6) is 0 Å². The molecule has 0 bridgehead atoms. The van der Waals surface area contributed by atoms with Gasteiger partial charge in [0, 0.05) is 35.2 Å². The molecule has 0 amide bonds. The number of H-pyrrole nitrogens is 1. The van der Waals surface area contributed by atoms with Gasteiger partial charge in [0.05, 0.1) is 5.75 Å². The molecule has 0 unspecified atom stereocenters. The third-order valence-corrected chi connectivity index (χ3v) is 7.21. The molecule has 0 radical (unpaired) electrons. The fourth-order valence-corrected chi connectivity index (χ4v) is 5.61. The first-order chi connectivity index (χ1) is 12.5. The SMILES string of the molecule is O=S(=O)(Cc1ccccc1)N1CCC(c2cc(Cl)cc3[nH]ccc23)CC1. The number of aromatic amines is 1. The number of rotatable bonds is 4. The number of aromatic nitrogens is 1. The summed E-state index contributed by atoms with van der Waals surface area (Å²) in [6.07, 6.45) is 3.55. The zero-order valence-corrected chi connectivity index (χ0v) is 15.9. The zero-order chi connectivity index (χ0) is 18.1. The average Bonchev–Trinajstić information content (AvgIpc) is 3.10. The summed E-state index contributed by atoms with van der Waals surface area (Å²) in [6.45, 7) is 1.11. The van der Waals surface area contributed by atoms with Crippen molar-refractivity contribution in [1.29, 1.82) is 0 Å². The Labute approximate surface area is 158 Å². The fraction of sp³-hybridized carbons (Fsp3) is 0.300. The highest BCUT2D eigenvalue weighted by Crippen LogP contribution is 2.35. The summed E-state index contributed by atoms with van der Waals surface area (Å²) < 4.78 is 27.1. The van der Waals surface area contributed by atoms with Crippen LogP contribution in [-0.4, -0.2) is 30.8 Å². The summed E-state index contributed by atoms with van der Waals surface area (Å²) in [7, 11) is -3.28. The van der Waals surface area contributed by atoms with Gasteiger partial charge in [0.15, 0.2) is 0 Å². The third-order valence-electron chi connectivity index (χ3n) is 5.14. The van der Waals surface area contributed by atoms with Crippen LogP contribution in [0.3, 0.4) is 0 Å². The van der Waals surface area contributed by atoms with Gasteiger partial charge in [-0.15, -0.1) is 0 Å². The van der Waals surface area contributed by atoms with Crippen LogP contribution in [0, 0.1) is 0 Å². The highest BCUT2D eigenvalue weighted by Gasteiger charge is 2.29. The number of piperidine rings is 1. The van der Waals surface area contributed by atoms with E-state index in [1.54, 1.807) is 4.31 Å². The maximum Gasteiger partial charge on any atom is 0.218 e. The van der Waals surface area contributed by atoms with E-state index in [0.29, 0.717) is 24.0 Å². The molecule has 1 aromatic heterocycles. The Bertz CT molecular complexity index is 1010. The average molecular weight is 389 g/mol. The number of benzene rings is 2. The van der Waals surface area contributed by atoms with Crippen molar-refractivity contribution < 1.29 is 8.42 Å². The first kappa shape index (κ1) is 17.6. The first-order valence-electron chi connectivity index (χ1n) is 8.81. The Morgan fingerprint density at radius 2 is 1.81 bits per heavy atom. The van der Waals surface area contributed by atoms with Crippen molar-refractivity contribution in [3.63, 3.8) is 0 Å². The van der Waals surface area contributed by atoms with Crippen molar-refractivity contribution >= 4 is 32.5 Å². The minimum absolute atomic E-state index is 0.0672. The van der Waals surface area contributed by atoms with Crippen LogP contribution in [0.25, 0.3) is 10.9 Å². The molecule has 136 valence electrons. The fourth-order valence-electron chi connectivity index (χ4n) is 3.82. The van der Waals surface area contributed by atoms with E-state index in [4.69, 9.17) is 11.6 Å². The van der Waals surface area contributed by atoms with E-state index in [1.807, 2.05) is 48.7 Å². The Balaban J connectivity index is 1.49. The molecule has 6 heteroatoms. The summed E-state index contributed by atoms with van der Waals surface area (Å²) >= 11 is 6.27. The van der Waals surface area contributed by atoms with Crippen molar-refractivity contribution in [1.82, 2.24) is 9.29 Å². The van der Waals surface area contributed by atoms with E-state index in [1.165, 1.54) is 10.9 Å². The van der Waals surface area contributed by atoms with E-state index in [2.05, 4.69) is 11.1 Å². The van der Waals surface area contributed by atoms with Crippen molar-refractivity contribution in [2.45, 2.75) is 24.5 Å². The van der Waals surface area contributed by atoms with Crippen LogP contribution in [0.2, 0.25) is 5.02 Å². The molecular formula is C20H21ClN2O2S. The molecule has 0 spiro atoms. The van der Waals surface area contributed by atoms with E-state index < -0.39 is 10.0 Å². The molecule has 4 nitrogen and oxygen atoms in total. The van der Waals surface area contributed by atoms with Crippen molar-refractivity contribution in [3.05, 3.63) is 70.9 Å². The van der Waals surface area contributed by atoms with E-state index in [-0.39, 0.29) is 5.75 Å². The van der Waals surface area contributed by atoms with Crippen molar-refractivity contribution in [3.8, 4) is 0 Å². The molecule has 1 aliphatic rings. The van der Waals surface area contributed by atoms with Gasteiger partial charge in [0.2, 0.25) is 10.0 Å². The second-order valence-electron chi connectivity index (χ2n) is 6.85. The largest absolute Gasteiger partial charge is 0.361 e. The molecular weight excluding hydrogens is 368 g/mol. The Morgan fingerprint density at radius 3 is 2.54 bits per heavy atom. The van der Waals surface area contributed by atoms with Gasteiger partial charge >= 0.3 is 0 Å². The molecule has 1 aliphatic heterocycles. The molecule has 1 saturated heterocycles. The zero-order valence-electron chi connectivity index (χ0n) is 14.4. The molecule has 0 aliphatic carbocycles. The Kier molecular flexibility index (Phi) is 4.78. The Morgan fingerprint density at radius 1 is 1.08 bits per heavy atom. The minimum atomic E-state index is -3.28. The van der Waals surface area contributed by atoms with Crippen LogP contribution >= 0.6 is 11.6 Å². The summed E-state index contributed by atoms with van der Waals surface area (Å²) in [5.41, 5.74) is 3.08. The number of nitrogens with one attached hydrogen (secondary N) is 1. The van der Waals surface area contributed by atoms with Crippen LogP contribution < -0.4 is 0 Å². The van der Waals surface area contributed by atoms with Gasteiger partial charge in [-0.1, -0.05) is 41.9 Å². The lowest BCUT2D eigenvalue weighted by molar-refractivity contribution is 0.320. The number of sulfonamides is 1. The smallest absolute Gasteiger partial charge is 0.218 e. The van der Waals surface area contributed by atoms with Crippen molar-refractivity contribution in [2.24, 2.45) is 0 Å². The van der Waals surface area contributed by atoms with Gasteiger partial charge in [0.25, 0.3) is 0 Å². The molecule has 1 fully saturated rings. The standard InChI is InChI=1S/C20H21ClN2O2S/c21-17-12-19(18-6-9-22-20(18)13-17)16-7-10-23(11-8-16)26(24,25)14-15-4-2-1-3-5-15/h1-6,9,12-13,16,22H,7-8,10-11,14H2. The second-order valence-corrected chi connectivity index (χ2v) is 9.25. The molecule has 1 N–H and O–H groups in total. The van der Waals surface area contributed by atoms with Gasteiger partial charge in [-0.05, 0) is 48.1 Å². The highest BCUT2D eigenvalue weighted by atomic mass is 35.5. The van der Waals surface area contributed by atoms with Gasteiger partial charge in [-0.2, -0.15) is 0 Å². The highest BCUT2D eigenvalue weighted by molar-refractivity contribution is 7.88. The lowest BCUT2D eigenvalue weighted by Gasteiger charge is -2.32.